The Kier molecular flexibility index (Phi) is 10.3. The van der Waals surface area contributed by atoms with Crippen molar-refractivity contribution in [3.05, 3.63) is 98.6 Å². The highest BCUT2D eigenvalue weighted by molar-refractivity contribution is 6.30. The number of hydrogen-bond acceptors (Lipinski definition) is 9. The molecule has 2 heterocycles. The van der Waals surface area contributed by atoms with Crippen LogP contribution < -0.4 is 16.5 Å². The first-order valence-electron chi connectivity index (χ1n) is 14.0. The van der Waals surface area contributed by atoms with E-state index in [9.17, 15) is 32.8 Å². The number of ether oxygens (including phenoxy) is 1. The number of rotatable bonds is 9. The SMILES string of the molecule is Cc1nc(C(F)(F)F)ccc1Cn1nc(NNN(CC=O)C(=O)OC(C)(C)C)c(-c2ccc(Cl)cc2)c(-c2ccc(C#N)cc2)c1=O. The van der Waals surface area contributed by atoms with Gasteiger partial charge in [0.2, 0.25) is 0 Å². The van der Waals surface area contributed by atoms with Gasteiger partial charge in [-0.15, -0.1) is 10.6 Å². The summed E-state index contributed by atoms with van der Waals surface area (Å²) in [5.41, 5.74) is 4.69. The number of nitriles is 1. The van der Waals surface area contributed by atoms with Gasteiger partial charge in [-0.2, -0.15) is 18.4 Å². The zero-order valence-electron chi connectivity index (χ0n) is 25.6. The molecule has 0 spiro atoms. The topological polar surface area (TPSA) is 142 Å². The van der Waals surface area contributed by atoms with E-state index in [1.807, 2.05) is 6.07 Å². The van der Waals surface area contributed by atoms with Crippen LogP contribution in [0, 0.1) is 18.3 Å². The van der Waals surface area contributed by atoms with E-state index >= 15 is 0 Å². The highest BCUT2D eigenvalue weighted by Crippen LogP contribution is 2.35. The summed E-state index contributed by atoms with van der Waals surface area (Å²) in [4.78, 5) is 42.2. The molecule has 0 aliphatic rings. The van der Waals surface area contributed by atoms with Gasteiger partial charge in [-0.05, 0) is 74.7 Å². The Bertz CT molecular complexity index is 1880. The maximum absolute atomic E-state index is 14.2. The van der Waals surface area contributed by atoms with Crippen molar-refractivity contribution < 1.29 is 27.5 Å². The van der Waals surface area contributed by atoms with Gasteiger partial charge in [-0.3, -0.25) is 10.2 Å². The highest BCUT2D eigenvalue weighted by Gasteiger charge is 2.33. The molecule has 2 aromatic heterocycles. The average molecular weight is 668 g/mol. The Morgan fingerprint density at radius 3 is 2.21 bits per heavy atom. The van der Waals surface area contributed by atoms with E-state index in [0.29, 0.717) is 28.0 Å². The second-order valence-corrected chi connectivity index (χ2v) is 11.6. The number of carbonyl (C=O) groups is 2. The Labute approximate surface area is 272 Å². The van der Waals surface area contributed by atoms with Crippen LogP contribution in [0.1, 0.15) is 43.3 Å². The molecule has 0 aliphatic heterocycles. The van der Waals surface area contributed by atoms with Crippen molar-refractivity contribution in [1.82, 2.24) is 25.3 Å². The van der Waals surface area contributed by atoms with Crippen molar-refractivity contribution >= 4 is 29.8 Å². The molecule has 0 bridgehead atoms. The lowest BCUT2D eigenvalue weighted by atomic mass is 9.95. The molecule has 15 heteroatoms. The summed E-state index contributed by atoms with van der Waals surface area (Å²) in [6.07, 6.45) is -5.08. The molecule has 0 aliphatic carbocycles. The van der Waals surface area contributed by atoms with Crippen molar-refractivity contribution in [3.63, 3.8) is 0 Å². The predicted octanol–water partition coefficient (Wildman–Crippen LogP) is 6.14. The molecule has 244 valence electrons. The van der Waals surface area contributed by atoms with E-state index < -0.39 is 35.7 Å². The zero-order chi connectivity index (χ0) is 34.5. The number of benzene rings is 2. The maximum atomic E-state index is 14.2. The summed E-state index contributed by atoms with van der Waals surface area (Å²) in [6.45, 7) is 5.62. The van der Waals surface area contributed by atoms with Gasteiger partial charge < -0.3 is 9.53 Å². The minimum Gasteiger partial charge on any atom is -0.443 e. The second-order valence-electron chi connectivity index (χ2n) is 11.2. The molecule has 4 rings (SSSR count). The maximum Gasteiger partial charge on any atom is 0.433 e. The number of alkyl halides is 3. The Hall–Kier alpha value is -5.26. The molecule has 1 amide bonds. The van der Waals surface area contributed by atoms with Crippen LogP contribution in [0.4, 0.5) is 23.8 Å². The minimum absolute atomic E-state index is 0.0109. The van der Waals surface area contributed by atoms with Crippen molar-refractivity contribution in [3.8, 4) is 28.3 Å². The average Bonchev–Trinajstić information content (AvgIpc) is 3.00. The van der Waals surface area contributed by atoms with Crippen molar-refractivity contribution in [2.24, 2.45) is 0 Å². The number of aryl methyl sites for hydroxylation is 1. The molecule has 0 atom stereocenters. The summed E-state index contributed by atoms with van der Waals surface area (Å²) < 4.78 is 46.3. The van der Waals surface area contributed by atoms with E-state index in [2.05, 4.69) is 21.0 Å². The number of nitrogens with one attached hydrogen (secondary N) is 2. The van der Waals surface area contributed by atoms with E-state index in [-0.39, 0.29) is 34.7 Å². The monoisotopic (exact) mass is 667 g/mol. The third-order valence-corrected chi connectivity index (χ3v) is 6.83. The van der Waals surface area contributed by atoms with Gasteiger partial charge in [0.1, 0.15) is 17.6 Å². The van der Waals surface area contributed by atoms with Crippen LogP contribution in [0.25, 0.3) is 22.3 Å². The number of aromatic nitrogens is 3. The Balaban J connectivity index is 1.93. The van der Waals surface area contributed by atoms with Crippen LogP contribution in [0.15, 0.2) is 65.5 Å². The number of hydrazine groups is 2. The van der Waals surface area contributed by atoms with Gasteiger partial charge in [0.25, 0.3) is 5.56 Å². The van der Waals surface area contributed by atoms with Crippen LogP contribution in [-0.2, 0) is 22.3 Å². The molecule has 0 fully saturated rings. The Morgan fingerprint density at radius 2 is 1.66 bits per heavy atom. The number of aldehydes is 1. The fraction of sp³-hybridized carbons (Fsp3) is 0.250. The molecular weight excluding hydrogens is 639 g/mol. The summed E-state index contributed by atoms with van der Waals surface area (Å²) in [7, 11) is 0. The van der Waals surface area contributed by atoms with Crippen LogP contribution >= 0.6 is 11.6 Å². The lowest BCUT2D eigenvalue weighted by molar-refractivity contribution is -0.141. The number of amides is 1. The van der Waals surface area contributed by atoms with E-state index in [4.69, 9.17) is 16.3 Å². The van der Waals surface area contributed by atoms with Crippen LogP contribution in [0.5, 0.6) is 0 Å². The number of carbonyl (C=O) groups excluding carboxylic acids is 2. The number of halogens is 4. The highest BCUT2D eigenvalue weighted by atomic mass is 35.5. The van der Waals surface area contributed by atoms with Crippen molar-refractivity contribution in [2.75, 3.05) is 12.0 Å². The molecule has 2 N–H and O–H groups in total. The molecular formula is C32H29ClF3N7O4. The lowest BCUT2D eigenvalue weighted by Gasteiger charge is -2.27. The quantitative estimate of drug-likeness (QED) is 0.159. The predicted molar refractivity (Wildman–Crippen MR) is 168 cm³/mol. The summed E-state index contributed by atoms with van der Waals surface area (Å²) in [5, 5.41) is 15.1. The fourth-order valence-corrected chi connectivity index (χ4v) is 4.52. The summed E-state index contributed by atoms with van der Waals surface area (Å²) in [5.74, 6) is -0.0109. The fourth-order valence-electron chi connectivity index (χ4n) is 4.40. The van der Waals surface area contributed by atoms with E-state index in [1.54, 1.807) is 57.2 Å². The molecule has 0 radical (unpaired) electrons. The summed E-state index contributed by atoms with van der Waals surface area (Å²) >= 11 is 6.15. The molecule has 0 saturated carbocycles. The molecule has 0 unspecified atom stereocenters. The largest absolute Gasteiger partial charge is 0.443 e. The first-order chi connectivity index (χ1) is 22.1. The molecule has 11 nitrogen and oxygen atoms in total. The van der Waals surface area contributed by atoms with Gasteiger partial charge in [-0.1, -0.05) is 41.9 Å². The molecule has 47 heavy (non-hydrogen) atoms. The third kappa shape index (κ3) is 8.51. The standard InChI is InChI=1S/C32H29ClF3N7O4/c1-19-23(11-14-25(38-19)32(34,35)36)18-43-29(45)27(22-7-5-20(17-37)6-8-22)26(21-9-12-24(33)13-10-21)28(40-43)39-41-42(15-16-44)30(46)47-31(2,3)4/h5-14,16,41H,15,18H2,1-4H3,(H,39,40). The van der Waals surface area contributed by atoms with Gasteiger partial charge in [0, 0.05) is 16.3 Å². The van der Waals surface area contributed by atoms with Gasteiger partial charge in [0.15, 0.2) is 5.82 Å². The number of pyridine rings is 1. The Morgan fingerprint density at radius 1 is 1.04 bits per heavy atom. The normalized spacial score (nSPS) is 11.5. The number of hydrogen-bond donors (Lipinski definition) is 2. The van der Waals surface area contributed by atoms with Gasteiger partial charge in [-0.25, -0.2) is 19.5 Å². The van der Waals surface area contributed by atoms with Gasteiger partial charge in [0.05, 0.1) is 30.3 Å². The van der Waals surface area contributed by atoms with E-state index in [1.165, 1.54) is 25.1 Å². The molecule has 0 saturated heterocycles. The zero-order valence-corrected chi connectivity index (χ0v) is 26.4. The van der Waals surface area contributed by atoms with Gasteiger partial charge >= 0.3 is 12.3 Å². The van der Waals surface area contributed by atoms with Crippen LogP contribution in [0.3, 0.4) is 0 Å². The summed E-state index contributed by atoms with van der Waals surface area (Å²) in [6, 6.07) is 16.7. The van der Waals surface area contributed by atoms with Crippen molar-refractivity contribution in [1.29, 1.82) is 5.26 Å². The minimum atomic E-state index is -4.66. The van der Waals surface area contributed by atoms with Crippen LogP contribution in [-0.4, -0.2) is 44.3 Å². The number of anilines is 1. The number of nitrogens with zero attached hydrogens (tertiary/aromatic N) is 5. The first kappa shape index (κ1) is 34.6. The van der Waals surface area contributed by atoms with E-state index in [0.717, 1.165) is 15.8 Å². The lowest BCUT2D eigenvalue weighted by Crippen LogP contribution is -2.49. The van der Waals surface area contributed by atoms with Crippen molar-refractivity contribution in [2.45, 2.75) is 46.0 Å². The third-order valence-electron chi connectivity index (χ3n) is 6.58. The van der Waals surface area contributed by atoms with Crippen LogP contribution in [0.2, 0.25) is 5.02 Å². The first-order valence-corrected chi connectivity index (χ1v) is 14.4. The smallest absolute Gasteiger partial charge is 0.433 e. The second kappa shape index (κ2) is 14.0. The molecule has 4 aromatic rings. The molecule has 2 aromatic carbocycles.